The smallest absolute Gasteiger partial charge is 0.224 e. The zero-order chi connectivity index (χ0) is 16.5. The molecule has 2 atom stereocenters. The van der Waals surface area contributed by atoms with Crippen LogP contribution in [0, 0.1) is 0 Å². The molecule has 1 saturated heterocycles. The zero-order valence-corrected chi connectivity index (χ0v) is 13.6. The summed E-state index contributed by atoms with van der Waals surface area (Å²) in [5.41, 5.74) is 0.689. The van der Waals surface area contributed by atoms with Crippen molar-refractivity contribution in [3.05, 3.63) is 40.7 Å². The van der Waals surface area contributed by atoms with Gasteiger partial charge in [-0.1, -0.05) is 12.1 Å². The van der Waals surface area contributed by atoms with Gasteiger partial charge in [0.15, 0.2) is 0 Å². The maximum atomic E-state index is 12.7. The molecule has 24 heavy (non-hydrogen) atoms. The number of benzene rings is 1. The Hall–Kier alpha value is -2.21. The topological polar surface area (TPSA) is 64.4 Å². The second-order valence-electron chi connectivity index (χ2n) is 6.49. The van der Waals surface area contributed by atoms with Crippen LogP contribution >= 0.6 is 0 Å². The van der Waals surface area contributed by atoms with E-state index in [1.165, 1.54) is 6.20 Å². The van der Waals surface area contributed by atoms with Gasteiger partial charge in [-0.05, 0) is 31.4 Å². The number of morpholine rings is 1. The lowest BCUT2D eigenvalue weighted by atomic mass is 10.1. The molecule has 6 heteroatoms. The maximum Gasteiger partial charge on any atom is 0.224 e. The molecule has 0 spiro atoms. The molecule has 1 aromatic heterocycles. The summed E-state index contributed by atoms with van der Waals surface area (Å²) in [6.07, 6.45) is 5.16. The molecule has 2 fully saturated rings. The van der Waals surface area contributed by atoms with Gasteiger partial charge in [-0.15, -0.1) is 0 Å². The summed E-state index contributed by atoms with van der Waals surface area (Å²) < 4.78 is 7.52. The Bertz CT molecular complexity index is 817. The van der Waals surface area contributed by atoms with E-state index >= 15 is 0 Å². The minimum atomic E-state index is -0.0878. The van der Waals surface area contributed by atoms with Gasteiger partial charge >= 0.3 is 0 Å². The van der Waals surface area contributed by atoms with E-state index in [1.807, 2.05) is 23.1 Å². The van der Waals surface area contributed by atoms with Gasteiger partial charge in [-0.3, -0.25) is 14.3 Å². The third-order valence-electron chi connectivity index (χ3n) is 5.10. The number of hydrogen-bond acceptors (Lipinski definition) is 4. The normalized spacial score (nSPS) is 23.4. The lowest BCUT2D eigenvalue weighted by Gasteiger charge is -2.37. The molecule has 126 valence electrons. The molecule has 1 aliphatic carbocycles. The van der Waals surface area contributed by atoms with Crippen LogP contribution in [0.4, 0.5) is 0 Å². The summed E-state index contributed by atoms with van der Waals surface area (Å²) in [6, 6.07) is 7.63. The van der Waals surface area contributed by atoms with E-state index < -0.39 is 0 Å². The quantitative estimate of drug-likeness (QED) is 0.858. The van der Waals surface area contributed by atoms with Crippen molar-refractivity contribution >= 4 is 16.8 Å². The van der Waals surface area contributed by atoms with E-state index in [9.17, 15) is 9.59 Å². The van der Waals surface area contributed by atoms with Gasteiger partial charge in [0, 0.05) is 18.4 Å². The molecule has 4 rings (SSSR count). The van der Waals surface area contributed by atoms with Crippen molar-refractivity contribution in [3.8, 4) is 0 Å². The number of ether oxygens (including phenoxy) is 1. The van der Waals surface area contributed by atoms with Gasteiger partial charge in [-0.25, -0.2) is 0 Å². The summed E-state index contributed by atoms with van der Waals surface area (Å²) in [5, 5.41) is 4.84. The van der Waals surface area contributed by atoms with Crippen molar-refractivity contribution in [1.29, 1.82) is 0 Å². The highest BCUT2D eigenvalue weighted by Crippen LogP contribution is 2.30. The maximum absolute atomic E-state index is 12.7. The third kappa shape index (κ3) is 2.71. The molecule has 0 unspecified atom stereocenters. The summed E-state index contributed by atoms with van der Waals surface area (Å²) in [4.78, 5) is 26.6. The standard InChI is InChI=1S/C18H21N3O3/c22-16-12-19-21(14-5-2-1-4-13(14)16)9-8-18(23)20-10-11-24-17-7-3-6-15(17)20/h1-2,4-5,12,15,17H,3,6-11H2/t15-,17-/m0/s1. The number of fused-ring (bicyclic) bond motifs is 2. The lowest BCUT2D eigenvalue weighted by molar-refractivity contribution is -0.144. The van der Waals surface area contributed by atoms with Crippen LogP contribution in [0.1, 0.15) is 25.7 Å². The van der Waals surface area contributed by atoms with Crippen molar-refractivity contribution in [1.82, 2.24) is 14.7 Å². The molecular weight excluding hydrogens is 306 g/mol. The Morgan fingerprint density at radius 2 is 2.17 bits per heavy atom. The number of amides is 1. The summed E-state index contributed by atoms with van der Waals surface area (Å²) >= 11 is 0. The van der Waals surface area contributed by atoms with E-state index in [0.717, 1.165) is 24.8 Å². The van der Waals surface area contributed by atoms with E-state index in [0.29, 0.717) is 31.5 Å². The van der Waals surface area contributed by atoms with Gasteiger partial charge in [0.2, 0.25) is 11.3 Å². The minimum absolute atomic E-state index is 0.0878. The Labute approximate surface area is 140 Å². The predicted octanol–water partition coefficient (Wildman–Crippen LogP) is 1.57. The molecule has 6 nitrogen and oxygen atoms in total. The van der Waals surface area contributed by atoms with Gasteiger partial charge in [0.25, 0.3) is 0 Å². The number of aromatic nitrogens is 2. The third-order valence-corrected chi connectivity index (χ3v) is 5.10. The first kappa shape index (κ1) is 15.3. The lowest BCUT2D eigenvalue weighted by Crippen LogP contribution is -2.51. The molecule has 0 N–H and O–H groups in total. The van der Waals surface area contributed by atoms with Crippen LogP contribution in [-0.4, -0.2) is 45.9 Å². The summed E-state index contributed by atoms with van der Waals surface area (Å²) in [5.74, 6) is 0.153. The van der Waals surface area contributed by atoms with Gasteiger partial charge in [-0.2, -0.15) is 5.10 Å². The predicted molar refractivity (Wildman–Crippen MR) is 89.7 cm³/mol. The van der Waals surface area contributed by atoms with Crippen molar-refractivity contribution < 1.29 is 9.53 Å². The molecule has 2 aromatic rings. The highest BCUT2D eigenvalue weighted by Gasteiger charge is 2.38. The fraction of sp³-hybridized carbons (Fsp3) is 0.500. The number of aryl methyl sites for hydroxylation is 1. The average Bonchev–Trinajstić information content (AvgIpc) is 3.10. The molecule has 1 aliphatic heterocycles. The monoisotopic (exact) mass is 327 g/mol. The van der Waals surface area contributed by atoms with Crippen LogP contribution in [0.15, 0.2) is 35.3 Å². The first-order valence-corrected chi connectivity index (χ1v) is 8.60. The number of para-hydroxylation sites is 1. The molecule has 1 saturated carbocycles. The van der Waals surface area contributed by atoms with Crippen molar-refractivity contribution in [3.63, 3.8) is 0 Å². The number of rotatable bonds is 3. The van der Waals surface area contributed by atoms with Crippen LogP contribution in [0.25, 0.3) is 10.9 Å². The zero-order valence-electron chi connectivity index (χ0n) is 13.6. The van der Waals surface area contributed by atoms with E-state index in [4.69, 9.17) is 4.74 Å². The summed E-state index contributed by atoms with van der Waals surface area (Å²) in [7, 11) is 0. The second-order valence-corrected chi connectivity index (χ2v) is 6.49. The number of carbonyl (C=O) groups excluding carboxylic acids is 1. The number of nitrogens with zero attached hydrogens (tertiary/aromatic N) is 3. The molecule has 0 radical (unpaired) electrons. The van der Waals surface area contributed by atoms with Gasteiger partial charge in [0.1, 0.15) is 0 Å². The van der Waals surface area contributed by atoms with Gasteiger partial charge < -0.3 is 9.64 Å². The first-order chi connectivity index (χ1) is 11.7. The Morgan fingerprint density at radius 3 is 3.08 bits per heavy atom. The Balaban J connectivity index is 1.50. The molecule has 1 aromatic carbocycles. The summed E-state index contributed by atoms with van der Waals surface area (Å²) in [6.45, 7) is 1.79. The number of carbonyl (C=O) groups is 1. The van der Waals surface area contributed by atoms with Crippen molar-refractivity contribution in [2.24, 2.45) is 0 Å². The van der Waals surface area contributed by atoms with Crippen LogP contribution in [0.3, 0.4) is 0 Å². The van der Waals surface area contributed by atoms with Gasteiger partial charge in [0.05, 0.1) is 37.0 Å². The fourth-order valence-corrected chi connectivity index (χ4v) is 3.92. The van der Waals surface area contributed by atoms with Crippen LogP contribution in [-0.2, 0) is 16.1 Å². The van der Waals surface area contributed by atoms with E-state index in [1.54, 1.807) is 10.7 Å². The Morgan fingerprint density at radius 1 is 1.29 bits per heavy atom. The molecule has 0 bridgehead atoms. The highest BCUT2D eigenvalue weighted by atomic mass is 16.5. The first-order valence-electron chi connectivity index (χ1n) is 8.60. The van der Waals surface area contributed by atoms with Crippen LogP contribution in [0.2, 0.25) is 0 Å². The average molecular weight is 327 g/mol. The van der Waals surface area contributed by atoms with Crippen LogP contribution in [0.5, 0.6) is 0 Å². The fourth-order valence-electron chi connectivity index (χ4n) is 3.92. The highest BCUT2D eigenvalue weighted by molar-refractivity contribution is 5.79. The molecular formula is C18H21N3O3. The second kappa shape index (κ2) is 6.36. The molecule has 2 heterocycles. The molecule has 2 aliphatic rings. The van der Waals surface area contributed by atoms with E-state index in [-0.39, 0.29) is 23.5 Å². The number of hydrogen-bond donors (Lipinski definition) is 0. The van der Waals surface area contributed by atoms with Crippen molar-refractivity contribution in [2.75, 3.05) is 13.2 Å². The molecule has 1 amide bonds. The SMILES string of the molecule is O=C(CCn1ncc(=O)c2ccccc21)N1CCO[C@H]2CCC[C@@H]21. The van der Waals surface area contributed by atoms with Crippen LogP contribution < -0.4 is 5.43 Å². The Kier molecular flexibility index (Phi) is 4.06. The van der Waals surface area contributed by atoms with E-state index in [2.05, 4.69) is 5.10 Å². The minimum Gasteiger partial charge on any atom is -0.374 e. The largest absolute Gasteiger partial charge is 0.374 e. The van der Waals surface area contributed by atoms with Crippen molar-refractivity contribution in [2.45, 2.75) is 44.4 Å².